The Hall–Kier alpha value is -3.07. The van der Waals surface area contributed by atoms with Crippen LogP contribution in [0.4, 0.5) is 0 Å². The molecule has 0 fully saturated rings. The summed E-state index contributed by atoms with van der Waals surface area (Å²) in [7, 11) is 0. The number of para-hydroxylation sites is 3. The Morgan fingerprint density at radius 3 is 2.68 bits per heavy atom. The lowest BCUT2D eigenvalue weighted by Crippen LogP contribution is -1.78. The van der Waals surface area contributed by atoms with Crippen molar-refractivity contribution >= 4 is 32.9 Å². The van der Waals surface area contributed by atoms with Crippen LogP contribution in [0.3, 0.4) is 0 Å². The van der Waals surface area contributed by atoms with Gasteiger partial charge in [-0.15, -0.1) is 0 Å². The molecule has 5 rings (SSSR count). The van der Waals surface area contributed by atoms with E-state index < -0.39 is 0 Å². The second-order valence-electron chi connectivity index (χ2n) is 5.32. The van der Waals surface area contributed by atoms with Gasteiger partial charge in [-0.3, -0.25) is 0 Å². The fourth-order valence-electron chi connectivity index (χ4n) is 2.89. The molecule has 0 spiro atoms. The third kappa shape index (κ3) is 1.59. The van der Waals surface area contributed by atoms with Gasteiger partial charge >= 0.3 is 0 Å². The molecule has 0 saturated carbocycles. The highest BCUT2D eigenvalue weighted by Gasteiger charge is 2.10. The molecule has 0 saturated heterocycles. The van der Waals surface area contributed by atoms with Crippen molar-refractivity contribution in [3.8, 4) is 11.5 Å². The van der Waals surface area contributed by atoms with Crippen molar-refractivity contribution in [2.24, 2.45) is 0 Å². The summed E-state index contributed by atoms with van der Waals surface area (Å²) in [6, 6.07) is 23.5. The molecule has 0 aliphatic rings. The molecule has 0 aliphatic heterocycles. The summed E-state index contributed by atoms with van der Waals surface area (Å²) in [6.45, 7) is 0. The molecule has 0 bridgehead atoms. The van der Waals surface area contributed by atoms with E-state index in [0.29, 0.717) is 5.89 Å². The maximum atomic E-state index is 5.82. The molecule has 0 atom stereocenters. The van der Waals surface area contributed by atoms with Crippen LogP contribution in [-0.2, 0) is 0 Å². The van der Waals surface area contributed by atoms with E-state index in [1.54, 1.807) is 0 Å². The molecule has 5 aromatic rings. The van der Waals surface area contributed by atoms with Crippen molar-refractivity contribution in [1.29, 1.82) is 0 Å². The second-order valence-corrected chi connectivity index (χ2v) is 5.32. The van der Waals surface area contributed by atoms with Crippen LogP contribution >= 0.6 is 0 Å². The number of oxazole rings is 1. The van der Waals surface area contributed by atoms with Crippen LogP contribution in [0.15, 0.2) is 65.1 Å². The SMILES string of the molecule is [c]1c(-c2nc3ccccc3o2)ccc2c1[nH]c1ccccc12. The average molecular weight is 283 g/mol. The van der Waals surface area contributed by atoms with E-state index in [2.05, 4.69) is 34.2 Å². The highest BCUT2D eigenvalue weighted by Crippen LogP contribution is 2.30. The standard InChI is InChI=1S/C19H11N2O/c1-2-6-15-13(5-1)14-10-9-12(11-17(14)20-15)19-21-16-7-3-4-8-18(16)22-19/h1-10,20H. The number of nitrogens with one attached hydrogen (secondary N) is 1. The van der Waals surface area contributed by atoms with Gasteiger partial charge in [-0.25, -0.2) is 4.98 Å². The fraction of sp³-hybridized carbons (Fsp3) is 0. The predicted octanol–water partition coefficient (Wildman–Crippen LogP) is 4.93. The molecule has 1 radical (unpaired) electrons. The topological polar surface area (TPSA) is 41.8 Å². The summed E-state index contributed by atoms with van der Waals surface area (Å²) in [5.41, 5.74) is 4.60. The van der Waals surface area contributed by atoms with Crippen molar-refractivity contribution in [3.63, 3.8) is 0 Å². The maximum Gasteiger partial charge on any atom is 0.228 e. The third-order valence-electron chi connectivity index (χ3n) is 3.95. The Balaban J connectivity index is 1.75. The molecule has 3 aromatic carbocycles. The van der Waals surface area contributed by atoms with Gasteiger partial charge in [0.1, 0.15) is 5.52 Å². The molecule has 0 unspecified atom stereocenters. The van der Waals surface area contributed by atoms with E-state index in [1.165, 1.54) is 5.39 Å². The second kappa shape index (κ2) is 4.21. The summed E-state index contributed by atoms with van der Waals surface area (Å²) in [4.78, 5) is 7.93. The zero-order valence-electron chi connectivity index (χ0n) is 11.6. The Morgan fingerprint density at radius 1 is 0.864 bits per heavy atom. The van der Waals surface area contributed by atoms with Gasteiger partial charge in [0.25, 0.3) is 0 Å². The largest absolute Gasteiger partial charge is 0.436 e. The minimum absolute atomic E-state index is 0.599. The Labute approximate surface area is 126 Å². The van der Waals surface area contributed by atoms with Gasteiger partial charge in [0, 0.05) is 27.9 Å². The van der Waals surface area contributed by atoms with Crippen molar-refractivity contribution in [2.75, 3.05) is 0 Å². The van der Waals surface area contributed by atoms with Crippen LogP contribution in [-0.4, -0.2) is 9.97 Å². The van der Waals surface area contributed by atoms with E-state index >= 15 is 0 Å². The van der Waals surface area contributed by atoms with E-state index in [9.17, 15) is 0 Å². The number of nitrogens with zero attached hydrogens (tertiary/aromatic N) is 1. The molecule has 0 amide bonds. The van der Waals surface area contributed by atoms with E-state index in [0.717, 1.165) is 33.1 Å². The minimum Gasteiger partial charge on any atom is -0.436 e. The molecular weight excluding hydrogens is 272 g/mol. The zero-order valence-corrected chi connectivity index (χ0v) is 11.6. The van der Waals surface area contributed by atoms with Gasteiger partial charge in [0.15, 0.2) is 5.58 Å². The summed E-state index contributed by atoms with van der Waals surface area (Å²) < 4.78 is 5.82. The minimum atomic E-state index is 0.599. The number of rotatable bonds is 1. The molecule has 2 heterocycles. The molecule has 2 aromatic heterocycles. The number of hydrogen-bond donors (Lipinski definition) is 1. The predicted molar refractivity (Wildman–Crippen MR) is 87.6 cm³/mol. The number of aromatic amines is 1. The van der Waals surface area contributed by atoms with Crippen LogP contribution in [0, 0.1) is 6.07 Å². The molecule has 3 heteroatoms. The summed E-state index contributed by atoms with van der Waals surface area (Å²) in [6.07, 6.45) is 0. The Kier molecular flexibility index (Phi) is 2.22. The van der Waals surface area contributed by atoms with E-state index in [4.69, 9.17) is 4.42 Å². The van der Waals surface area contributed by atoms with E-state index in [1.807, 2.05) is 42.5 Å². The average Bonchev–Trinajstić information content (AvgIpc) is 3.15. The van der Waals surface area contributed by atoms with Crippen molar-refractivity contribution in [1.82, 2.24) is 9.97 Å². The molecule has 3 nitrogen and oxygen atoms in total. The van der Waals surface area contributed by atoms with Crippen LogP contribution in [0.2, 0.25) is 0 Å². The normalized spacial score (nSPS) is 11.6. The number of aromatic nitrogens is 2. The van der Waals surface area contributed by atoms with Crippen molar-refractivity contribution in [2.45, 2.75) is 0 Å². The first-order valence-corrected chi connectivity index (χ1v) is 7.17. The van der Waals surface area contributed by atoms with Crippen LogP contribution in [0.1, 0.15) is 0 Å². The Morgan fingerprint density at radius 2 is 1.73 bits per heavy atom. The zero-order chi connectivity index (χ0) is 14.5. The van der Waals surface area contributed by atoms with Gasteiger partial charge in [-0.2, -0.15) is 0 Å². The lowest BCUT2D eigenvalue weighted by Gasteiger charge is -1.95. The number of hydrogen-bond acceptors (Lipinski definition) is 2. The lowest BCUT2D eigenvalue weighted by atomic mass is 10.1. The Bertz CT molecular complexity index is 1100. The van der Waals surface area contributed by atoms with Crippen molar-refractivity contribution < 1.29 is 4.42 Å². The van der Waals surface area contributed by atoms with Crippen LogP contribution in [0.5, 0.6) is 0 Å². The van der Waals surface area contributed by atoms with Gasteiger partial charge in [0.2, 0.25) is 5.89 Å². The first-order chi connectivity index (χ1) is 10.9. The first-order valence-electron chi connectivity index (χ1n) is 7.17. The molecular formula is C19H11N2O. The first kappa shape index (κ1) is 11.6. The highest BCUT2D eigenvalue weighted by atomic mass is 16.3. The summed E-state index contributed by atoms with van der Waals surface area (Å²) in [5, 5.41) is 2.37. The van der Waals surface area contributed by atoms with Crippen LogP contribution in [0.25, 0.3) is 44.4 Å². The van der Waals surface area contributed by atoms with Gasteiger partial charge in [0.05, 0.1) is 5.52 Å². The van der Waals surface area contributed by atoms with Gasteiger partial charge in [-0.05, 0) is 24.3 Å². The lowest BCUT2D eigenvalue weighted by molar-refractivity contribution is 0.620. The molecule has 103 valence electrons. The van der Waals surface area contributed by atoms with E-state index in [-0.39, 0.29) is 0 Å². The molecule has 1 N–H and O–H groups in total. The number of benzene rings is 3. The van der Waals surface area contributed by atoms with Crippen LogP contribution < -0.4 is 0 Å². The van der Waals surface area contributed by atoms with Gasteiger partial charge < -0.3 is 9.40 Å². The van der Waals surface area contributed by atoms with Gasteiger partial charge in [-0.1, -0.05) is 36.4 Å². The smallest absolute Gasteiger partial charge is 0.228 e. The molecule has 22 heavy (non-hydrogen) atoms. The van der Waals surface area contributed by atoms with Crippen molar-refractivity contribution in [3.05, 3.63) is 66.7 Å². The quantitative estimate of drug-likeness (QED) is 0.474. The summed E-state index contributed by atoms with van der Waals surface area (Å²) >= 11 is 0. The number of fused-ring (bicyclic) bond motifs is 4. The maximum absolute atomic E-state index is 5.82. The number of H-pyrrole nitrogens is 1. The fourth-order valence-corrected chi connectivity index (χ4v) is 2.89. The summed E-state index contributed by atoms with van der Waals surface area (Å²) in [5.74, 6) is 0.599. The molecule has 0 aliphatic carbocycles. The highest BCUT2D eigenvalue weighted by molar-refractivity contribution is 6.07. The monoisotopic (exact) mass is 283 g/mol. The third-order valence-corrected chi connectivity index (χ3v) is 3.95.